The third-order valence-electron chi connectivity index (χ3n) is 3.37. The van der Waals surface area contributed by atoms with Crippen LogP contribution in [0, 0.1) is 6.92 Å². The summed E-state index contributed by atoms with van der Waals surface area (Å²) >= 11 is 1.44. The van der Waals surface area contributed by atoms with Crippen molar-refractivity contribution in [2.75, 3.05) is 11.7 Å². The van der Waals surface area contributed by atoms with E-state index in [2.05, 4.69) is 15.8 Å². The number of anilines is 1. The van der Waals surface area contributed by atoms with Crippen LogP contribution in [0.4, 0.5) is 5.13 Å². The van der Waals surface area contributed by atoms with E-state index in [9.17, 15) is 13.2 Å². The number of benzene rings is 2. The van der Waals surface area contributed by atoms with E-state index in [4.69, 9.17) is 0 Å². The third-order valence-corrected chi connectivity index (χ3v) is 5.43. The first-order valence-electron chi connectivity index (χ1n) is 7.06. The molecule has 0 aliphatic carbocycles. The number of hydrogen-bond donors (Lipinski definition) is 2. The Labute approximate surface area is 143 Å². The Morgan fingerprint density at radius 1 is 1.12 bits per heavy atom. The number of hydrogen-bond acceptors (Lipinski definition) is 6. The maximum atomic E-state index is 12.1. The molecule has 8 heteroatoms. The van der Waals surface area contributed by atoms with E-state index in [-0.39, 0.29) is 10.8 Å². The van der Waals surface area contributed by atoms with Gasteiger partial charge in [0.05, 0.1) is 15.1 Å². The normalized spacial score (nSPS) is 11.4. The van der Waals surface area contributed by atoms with Gasteiger partial charge in [-0.05, 0) is 48.9 Å². The molecule has 0 radical (unpaired) electrons. The molecule has 0 aliphatic heterocycles. The molecule has 1 heterocycles. The van der Waals surface area contributed by atoms with Gasteiger partial charge in [-0.2, -0.15) is 0 Å². The number of rotatable bonds is 4. The van der Waals surface area contributed by atoms with E-state index >= 15 is 0 Å². The summed E-state index contributed by atoms with van der Waals surface area (Å²) in [6, 6.07) is 11.7. The van der Waals surface area contributed by atoms with E-state index in [1.165, 1.54) is 35.6 Å². The highest BCUT2D eigenvalue weighted by Crippen LogP contribution is 2.26. The SMILES string of the molecule is Cc1ccc2nc(NNC(=O)c3ccc(S(C)(=O)=O)cc3)sc2c1. The van der Waals surface area contributed by atoms with Gasteiger partial charge in [-0.15, -0.1) is 0 Å². The molecule has 2 aromatic carbocycles. The molecule has 124 valence electrons. The minimum atomic E-state index is -3.27. The Kier molecular flexibility index (Phi) is 4.25. The van der Waals surface area contributed by atoms with Crippen LogP contribution in [0.25, 0.3) is 10.2 Å². The summed E-state index contributed by atoms with van der Waals surface area (Å²) in [6.07, 6.45) is 1.12. The van der Waals surface area contributed by atoms with Crippen molar-refractivity contribution < 1.29 is 13.2 Å². The van der Waals surface area contributed by atoms with Crippen molar-refractivity contribution in [3.05, 3.63) is 53.6 Å². The molecule has 0 fully saturated rings. The molecule has 0 saturated heterocycles. The average Bonchev–Trinajstić information content (AvgIpc) is 2.94. The lowest BCUT2D eigenvalue weighted by Crippen LogP contribution is -2.29. The number of sulfone groups is 1. The van der Waals surface area contributed by atoms with E-state index in [0.717, 1.165) is 22.0 Å². The van der Waals surface area contributed by atoms with Gasteiger partial charge in [0.1, 0.15) is 0 Å². The van der Waals surface area contributed by atoms with Crippen LogP contribution >= 0.6 is 11.3 Å². The molecule has 0 aliphatic rings. The molecule has 2 N–H and O–H groups in total. The monoisotopic (exact) mass is 361 g/mol. The van der Waals surface area contributed by atoms with Gasteiger partial charge in [-0.25, -0.2) is 13.4 Å². The number of amides is 1. The molecule has 3 rings (SSSR count). The zero-order valence-electron chi connectivity index (χ0n) is 13.0. The van der Waals surface area contributed by atoms with Gasteiger partial charge in [0.2, 0.25) is 5.13 Å². The Bertz CT molecular complexity index is 1010. The van der Waals surface area contributed by atoms with Crippen molar-refractivity contribution in [2.45, 2.75) is 11.8 Å². The number of carbonyl (C=O) groups is 1. The fraction of sp³-hybridized carbons (Fsp3) is 0.125. The zero-order chi connectivity index (χ0) is 17.3. The summed E-state index contributed by atoms with van der Waals surface area (Å²) in [6.45, 7) is 2.01. The van der Waals surface area contributed by atoms with Gasteiger partial charge < -0.3 is 0 Å². The highest BCUT2D eigenvalue weighted by Gasteiger charge is 2.10. The average molecular weight is 361 g/mol. The maximum absolute atomic E-state index is 12.1. The molecule has 1 amide bonds. The minimum absolute atomic E-state index is 0.175. The highest BCUT2D eigenvalue weighted by atomic mass is 32.2. The summed E-state index contributed by atoms with van der Waals surface area (Å²) in [5, 5.41) is 0.580. The zero-order valence-corrected chi connectivity index (χ0v) is 14.7. The number of nitrogens with zero attached hydrogens (tertiary/aromatic N) is 1. The molecule has 0 saturated carbocycles. The van der Waals surface area contributed by atoms with Crippen LogP contribution in [0.15, 0.2) is 47.4 Å². The van der Waals surface area contributed by atoms with Crippen LogP contribution in [0.3, 0.4) is 0 Å². The van der Waals surface area contributed by atoms with Crippen LogP contribution < -0.4 is 10.9 Å². The van der Waals surface area contributed by atoms with E-state index in [0.29, 0.717) is 10.7 Å². The second-order valence-electron chi connectivity index (χ2n) is 5.37. The van der Waals surface area contributed by atoms with Crippen LogP contribution in [-0.2, 0) is 9.84 Å². The van der Waals surface area contributed by atoms with Gasteiger partial charge >= 0.3 is 0 Å². The largest absolute Gasteiger partial charge is 0.273 e. The predicted molar refractivity (Wildman–Crippen MR) is 95.0 cm³/mol. The Hall–Kier alpha value is -2.45. The molecule has 0 unspecified atom stereocenters. The topological polar surface area (TPSA) is 88.2 Å². The van der Waals surface area contributed by atoms with Gasteiger partial charge in [0.15, 0.2) is 9.84 Å². The molecular weight excluding hydrogens is 346 g/mol. The molecule has 0 bridgehead atoms. The number of nitrogens with one attached hydrogen (secondary N) is 2. The quantitative estimate of drug-likeness (QED) is 0.698. The molecule has 24 heavy (non-hydrogen) atoms. The summed E-state index contributed by atoms with van der Waals surface area (Å²) in [5.41, 5.74) is 7.71. The number of fused-ring (bicyclic) bond motifs is 1. The molecule has 3 aromatic rings. The second-order valence-corrected chi connectivity index (χ2v) is 8.41. The molecule has 0 spiro atoms. The van der Waals surface area contributed by atoms with E-state index < -0.39 is 9.84 Å². The van der Waals surface area contributed by atoms with Gasteiger partial charge in [-0.3, -0.25) is 15.6 Å². The van der Waals surface area contributed by atoms with Gasteiger partial charge in [-0.1, -0.05) is 17.4 Å². The number of aryl methyl sites for hydroxylation is 1. The first-order chi connectivity index (χ1) is 11.3. The molecule has 6 nitrogen and oxygen atoms in total. The second kappa shape index (κ2) is 6.21. The lowest BCUT2D eigenvalue weighted by molar-refractivity contribution is 0.0962. The fourth-order valence-electron chi connectivity index (χ4n) is 2.12. The standard InChI is InChI=1S/C16H15N3O3S2/c1-10-3-8-13-14(9-10)23-16(17-13)19-18-15(20)11-4-6-12(7-5-11)24(2,21)22/h3-9H,1-2H3,(H,17,19)(H,18,20). The van der Waals surface area contributed by atoms with E-state index in [1.807, 2.05) is 25.1 Å². The molecule has 1 aromatic heterocycles. The third kappa shape index (κ3) is 3.55. The van der Waals surface area contributed by atoms with Crippen molar-refractivity contribution in [1.82, 2.24) is 10.4 Å². The maximum Gasteiger partial charge on any atom is 0.269 e. The first-order valence-corrected chi connectivity index (χ1v) is 9.77. The number of carbonyl (C=O) groups excluding carboxylic acids is 1. The van der Waals surface area contributed by atoms with Crippen molar-refractivity contribution >= 4 is 42.4 Å². The Balaban J connectivity index is 1.70. The van der Waals surface area contributed by atoms with E-state index in [1.54, 1.807) is 0 Å². The summed E-state index contributed by atoms with van der Waals surface area (Å²) in [5.74, 6) is -0.370. The number of aromatic nitrogens is 1. The van der Waals surface area contributed by atoms with Gasteiger partial charge in [0, 0.05) is 11.8 Å². The summed E-state index contributed by atoms with van der Waals surface area (Å²) in [7, 11) is -3.27. The van der Waals surface area contributed by atoms with Crippen LogP contribution in [0.1, 0.15) is 15.9 Å². The van der Waals surface area contributed by atoms with Crippen molar-refractivity contribution in [2.24, 2.45) is 0 Å². The Morgan fingerprint density at radius 3 is 2.50 bits per heavy atom. The van der Waals surface area contributed by atoms with Crippen molar-refractivity contribution in [1.29, 1.82) is 0 Å². The number of thiazole rings is 1. The minimum Gasteiger partial charge on any atom is -0.273 e. The van der Waals surface area contributed by atoms with Crippen molar-refractivity contribution in [3.63, 3.8) is 0 Å². The van der Waals surface area contributed by atoms with Crippen LogP contribution in [-0.4, -0.2) is 25.6 Å². The number of hydrazine groups is 1. The highest BCUT2D eigenvalue weighted by molar-refractivity contribution is 7.90. The molecular formula is C16H15N3O3S2. The Morgan fingerprint density at radius 2 is 1.83 bits per heavy atom. The van der Waals surface area contributed by atoms with Crippen LogP contribution in [0.5, 0.6) is 0 Å². The molecule has 0 atom stereocenters. The first kappa shape index (κ1) is 16.4. The van der Waals surface area contributed by atoms with Crippen LogP contribution in [0.2, 0.25) is 0 Å². The smallest absolute Gasteiger partial charge is 0.269 e. The lowest BCUT2D eigenvalue weighted by atomic mass is 10.2. The van der Waals surface area contributed by atoms with Crippen molar-refractivity contribution in [3.8, 4) is 0 Å². The van der Waals surface area contributed by atoms with Gasteiger partial charge in [0.25, 0.3) is 5.91 Å². The fourth-order valence-corrected chi connectivity index (χ4v) is 3.67. The predicted octanol–water partition coefficient (Wildman–Crippen LogP) is 2.77. The lowest BCUT2D eigenvalue weighted by Gasteiger charge is -2.06. The summed E-state index contributed by atoms with van der Waals surface area (Å²) < 4.78 is 23.9. The summed E-state index contributed by atoms with van der Waals surface area (Å²) in [4.78, 5) is 16.7.